The Balaban J connectivity index is 1.61. The van der Waals surface area contributed by atoms with E-state index in [-0.39, 0.29) is 15.5 Å². The molecule has 0 bridgehead atoms. The Bertz CT molecular complexity index is 1040. The van der Waals surface area contributed by atoms with Crippen LogP contribution in [-0.4, -0.2) is 35.9 Å². The van der Waals surface area contributed by atoms with Gasteiger partial charge in [0.1, 0.15) is 0 Å². The number of carboxylic acid groups (broad SMARTS) is 1. The summed E-state index contributed by atoms with van der Waals surface area (Å²) in [4.78, 5) is 15.6. The SMILES string of the molecule is CC(=CCC1CCC(NC(=O)O)(C(C)(C)C)CC1)CS(=O)(=O)c1nc2ccccc2s1. The second-order valence-electron chi connectivity index (χ2n) is 9.70. The Hall–Kier alpha value is -1.93. The molecule has 1 aliphatic carbocycles. The number of hydrogen-bond donors (Lipinski definition) is 2. The number of allylic oxidation sites excluding steroid dienone is 1. The Morgan fingerprint density at radius 2 is 1.94 bits per heavy atom. The molecule has 1 saturated carbocycles. The van der Waals surface area contributed by atoms with Crippen LogP contribution in [0.25, 0.3) is 10.2 Å². The van der Waals surface area contributed by atoms with E-state index in [2.05, 4.69) is 31.1 Å². The molecule has 31 heavy (non-hydrogen) atoms. The van der Waals surface area contributed by atoms with Crippen molar-refractivity contribution in [2.75, 3.05) is 5.75 Å². The van der Waals surface area contributed by atoms with Crippen LogP contribution in [0.2, 0.25) is 0 Å². The van der Waals surface area contributed by atoms with Crippen LogP contribution < -0.4 is 5.32 Å². The summed E-state index contributed by atoms with van der Waals surface area (Å²) in [5.41, 5.74) is 0.973. The summed E-state index contributed by atoms with van der Waals surface area (Å²) in [6.07, 6.45) is 5.31. The maximum absolute atomic E-state index is 12.8. The molecule has 3 rings (SSSR count). The molecule has 0 radical (unpaired) electrons. The summed E-state index contributed by atoms with van der Waals surface area (Å²) in [6.45, 7) is 8.11. The summed E-state index contributed by atoms with van der Waals surface area (Å²) < 4.78 is 26.7. The molecule has 1 fully saturated rings. The van der Waals surface area contributed by atoms with Crippen LogP contribution in [0.4, 0.5) is 4.79 Å². The Labute approximate surface area is 188 Å². The molecule has 1 aromatic carbocycles. The number of benzene rings is 1. The van der Waals surface area contributed by atoms with E-state index in [1.165, 1.54) is 11.3 Å². The minimum Gasteiger partial charge on any atom is -0.465 e. The molecule has 2 aromatic rings. The summed E-state index contributed by atoms with van der Waals surface area (Å²) in [6, 6.07) is 7.45. The molecular weight excluding hydrogens is 432 g/mol. The van der Waals surface area contributed by atoms with Crippen LogP contribution in [-0.2, 0) is 9.84 Å². The van der Waals surface area contributed by atoms with Crippen LogP contribution in [0, 0.1) is 11.3 Å². The fourth-order valence-electron chi connectivity index (χ4n) is 4.45. The van der Waals surface area contributed by atoms with Gasteiger partial charge < -0.3 is 10.4 Å². The van der Waals surface area contributed by atoms with Crippen molar-refractivity contribution in [3.63, 3.8) is 0 Å². The maximum atomic E-state index is 12.8. The standard InChI is InChI=1S/C23H32N2O4S2/c1-16(15-31(28,29)21-24-18-7-5-6-8-19(18)30-21)9-10-17-11-13-23(14-12-17,22(2,3)4)25-20(26)27/h5-9,17,25H,10-15H2,1-4H3,(H,26,27). The maximum Gasteiger partial charge on any atom is 0.405 e. The lowest BCUT2D eigenvalue weighted by Gasteiger charge is -2.49. The number of sulfone groups is 1. The molecular formula is C23H32N2O4S2. The average molecular weight is 465 g/mol. The van der Waals surface area contributed by atoms with Crippen LogP contribution in [0.3, 0.4) is 0 Å². The van der Waals surface area contributed by atoms with Gasteiger partial charge in [0.2, 0.25) is 14.2 Å². The zero-order valence-corrected chi connectivity index (χ0v) is 20.3. The molecule has 1 amide bonds. The van der Waals surface area contributed by atoms with Gasteiger partial charge in [0, 0.05) is 5.54 Å². The monoisotopic (exact) mass is 464 g/mol. The molecule has 1 aliphatic rings. The molecule has 6 nitrogen and oxygen atoms in total. The van der Waals surface area contributed by atoms with Gasteiger partial charge in [-0.15, -0.1) is 11.3 Å². The van der Waals surface area contributed by atoms with Crippen LogP contribution in [0.1, 0.15) is 59.8 Å². The number of aromatic nitrogens is 1. The number of amides is 1. The van der Waals surface area contributed by atoms with Crippen LogP contribution in [0.15, 0.2) is 40.3 Å². The van der Waals surface area contributed by atoms with Crippen molar-refractivity contribution in [2.24, 2.45) is 11.3 Å². The lowest BCUT2D eigenvalue weighted by atomic mass is 9.63. The van der Waals surface area contributed by atoms with Gasteiger partial charge in [-0.25, -0.2) is 18.2 Å². The number of nitrogens with one attached hydrogen (secondary N) is 1. The van der Waals surface area contributed by atoms with E-state index in [0.29, 0.717) is 11.4 Å². The predicted octanol–water partition coefficient (Wildman–Crippen LogP) is 5.65. The first-order valence-corrected chi connectivity index (χ1v) is 13.1. The zero-order chi connectivity index (χ0) is 22.9. The van der Waals surface area contributed by atoms with Crippen molar-refractivity contribution in [3.8, 4) is 0 Å². The summed E-state index contributed by atoms with van der Waals surface area (Å²) in [5.74, 6) is 0.414. The molecule has 1 aromatic heterocycles. The van der Waals surface area contributed by atoms with Gasteiger partial charge in [0.25, 0.3) is 0 Å². The normalized spacial score (nSPS) is 23.1. The van der Waals surface area contributed by atoms with Gasteiger partial charge in [-0.2, -0.15) is 0 Å². The Kier molecular flexibility index (Phi) is 6.81. The average Bonchev–Trinajstić information content (AvgIpc) is 3.11. The van der Waals surface area contributed by atoms with Gasteiger partial charge in [0.05, 0.1) is 16.0 Å². The largest absolute Gasteiger partial charge is 0.465 e. The number of hydrogen-bond acceptors (Lipinski definition) is 5. The van der Waals surface area contributed by atoms with E-state index in [4.69, 9.17) is 0 Å². The highest BCUT2D eigenvalue weighted by molar-refractivity contribution is 7.93. The van der Waals surface area contributed by atoms with Crippen molar-refractivity contribution >= 4 is 37.5 Å². The lowest BCUT2D eigenvalue weighted by Crippen LogP contribution is -2.58. The van der Waals surface area contributed by atoms with Gasteiger partial charge in [-0.3, -0.25) is 0 Å². The van der Waals surface area contributed by atoms with E-state index >= 15 is 0 Å². The second-order valence-corrected chi connectivity index (χ2v) is 12.9. The molecule has 8 heteroatoms. The topological polar surface area (TPSA) is 96.4 Å². The third-order valence-corrected chi connectivity index (χ3v) is 9.80. The molecule has 170 valence electrons. The number of para-hydroxylation sites is 1. The highest BCUT2D eigenvalue weighted by atomic mass is 32.2. The van der Waals surface area contributed by atoms with Gasteiger partial charge in [0.15, 0.2) is 0 Å². The number of thiazole rings is 1. The third-order valence-electron chi connectivity index (χ3n) is 6.50. The van der Waals surface area contributed by atoms with E-state index in [0.717, 1.165) is 42.4 Å². The number of rotatable bonds is 6. The number of nitrogens with zero attached hydrogens (tertiary/aromatic N) is 1. The highest BCUT2D eigenvalue weighted by Gasteiger charge is 2.45. The number of carbonyl (C=O) groups is 1. The third kappa shape index (κ3) is 5.47. The van der Waals surface area contributed by atoms with Crippen molar-refractivity contribution < 1.29 is 18.3 Å². The second kappa shape index (κ2) is 8.90. The molecule has 2 N–H and O–H groups in total. The molecule has 1 heterocycles. The van der Waals surface area contributed by atoms with Crippen LogP contribution >= 0.6 is 11.3 Å². The summed E-state index contributed by atoms with van der Waals surface area (Å²) in [5, 5.41) is 12.1. The zero-order valence-electron chi connectivity index (χ0n) is 18.6. The van der Waals surface area contributed by atoms with Gasteiger partial charge >= 0.3 is 6.09 Å². The van der Waals surface area contributed by atoms with Crippen molar-refractivity contribution in [2.45, 2.75) is 69.7 Å². The Morgan fingerprint density at radius 3 is 2.52 bits per heavy atom. The quantitative estimate of drug-likeness (QED) is 0.539. The van der Waals surface area contributed by atoms with Crippen LogP contribution in [0.5, 0.6) is 0 Å². The van der Waals surface area contributed by atoms with Crippen molar-refractivity contribution in [1.29, 1.82) is 0 Å². The van der Waals surface area contributed by atoms with E-state index in [1.54, 1.807) is 0 Å². The summed E-state index contributed by atoms with van der Waals surface area (Å²) in [7, 11) is -3.46. The first kappa shape index (κ1) is 23.7. The summed E-state index contributed by atoms with van der Waals surface area (Å²) >= 11 is 1.22. The van der Waals surface area contributed by atoms with E-state index in [9.17, 15) is 18.3 Å². The Morgan fingerprint density at radius 1 is 1.29 bits per heavy atom. The van der Waals surface area contributed by atoms with Crippen molar-refractivity contribution in [1.82, 2.24) is 10.3 Å². The fraction of sp³-hybridized carbons (Fsp3) is 0.565. The first-order chi connectivity index (χ1) is 14.4. The van der Waals surface area contributed by atoms with Gasteiger partial charge in [-0.1, -0.05) is 44.6 Å². The first-order valence-electron chi connectivity index (χ1n) is 10.7. The van der Waals surface area contributed by atoms with E-state index in [1.807, 2.05) is 37.3 Å². The lowest BCUT2D eigenvalue weighted by molar-refractivity contribution is 0.0679. The van der Waals surface area contributed by atoms with E-state index < -0.39 is 21.5 Å². The molecule has 0 atom stereocenters. The smallest absolute Gasteiger partial charge is 0.405 e. The molecule has 0 spiro atoms. The fourth-order valence-corrected chi connectivity index (χ4v) is 7.17. The molecule has 0 saturated heterocycles. The number of fused-ring (bicyclic) bond motifs is 1. The predicted molar refractivity (Wildman–Crippen MR) is 125 cm³/mol. The highest BCUT2D eigenvalue weighted by Crippen LogP contribution is 2.44. The minimum absolute atomic E-state index is 0.0218. The molecule has 0 aliphatic heterocycles. The minimum atomic E-state index is -3.46. The molecule has 0 unspecified atom stereocenters. The van der Waals surface area contributed by atoms with Gasteiger partial charge in [-0.05, 0) is 62.5 Å². The van der Waals surface area contributed by atoms with Crippen molar-refractivity contribution in [3.05, 3.63) is 35.9 Å².